The highest BCUT2D eigenvalue weighted by Gasteiger charge is 2.18. The van der Waals surface area contributed by atoms with Crippen molar-refractivity contribution < 1.29 is 17.5 Å². The molecule has 1 aromatic carbocycles. The second-order valence-corrected chi connectivity index (χ2v) is 7.66. The largest absolute Gasteiger partial charge is 0.351 e. The van der Waals surface area contributed by atoms with Crippen molar-refractivity contribution in [3.8, 4) is 23.0 Å². The molecule has 0 radical (unpaired) electrons. The topological polar surface area (TPSA) is 99.1 Å². The first-order valence-corrected chi connectivity index (χ1v) is 9.39. The Morgan fingerprint density at radius 2 is 1.83 bits per heavy atom. The molecule has 0 saturated heterocycles. The van der Waals surface area contributed by atoms with Crippen LogP contribution in [-0.2, 0) is 9.84 Å². The molecule has 0 bridgehead atoms. The lowest BCUT2D eigenvalue weighted by Crippen LogP contribution is -1.96. The van der Waals surface area contributed by atoms with Crippen LogP contribution in [-0.4, -0.2) is 30.0 Å². The van der Waals surface area contributed by atoms with Gasteiger partial charge in [-0.05, 0) is 30.7 Å². The van der Waals surface area contributed by atoms with Crippen LogP contribution >= 0.6 is 0 Å². The van der Waals surface area contributed by atoms with Gasteiger partial charge in [0.15, 0.2) is 9.84 Å². The quantitative estimate of drug-likeness (QED) is 0.698. The predicted molar refractivity (Wildman–Crippen MR) is 87.0 cm³/mol. The Morgan fingerprint density at radius 3 is 2.46 bits per heavy atom. The van der Waals surface area contributed by atoms with Gasteiger partial charge in [-0.2, -0.15) is 4.98 Å². The Hall–Kier alpha value is -2.48. The van der Waals surface area contributed by atoms with Crippen LogP contribution in [0.15, 0.2) is 44.3 Å². The Bertz CT molecular complexity index is 942. The smallest absolute Gasteiger partial charge is 0.296 e. The van der Waals surface area contributed by atoms with Crippen molar-refractivity contribution >= 4 is 9.84 Å². The van der Waals surface area contributed by atoms with Crippen molar-refractivity contribution in [1.29, 1.82) is 0 Å². The molecule has 0 fully saturated rings. The van der Waals surface area contributed by atoms with E-state index in [1.807, 2.05) is 0 Å². The van der Waals surface area contributed by atoms with Crippen LogP contribution < -0.4 is 0 Å². The number of rotatable bonds is 5. The van der Waals surface area contributed by atoms with Gasteiger partial charge in [-0.25, -0.2) is 8.42 Å². The van der Waals surface area contributed by atoms with Gasteiger partial charge in [-0.1, -0.05) is 24.2 Å². The molecular weight excluding hydrogens is 330 g/mol. The Kier molecular flexibility index (Phi) is 4.23. The zero-order valence-electron chi connectivity index (χ0n) is 13.6. The lowest BCUT2D eigenvalue weighted by atomic mass is 10.1. The maximum atomic E-state index is 11.5. The van der Waals surface area contributed by atoms with Gasteiger partial charge in [0.05, 0.1) is 10.6 Å². The number of aromatic nitrogens is 3. The lowest BCUT2D eigenvalue weighted by molar-refractivity contribution is 0.379. The van der Waals surface area contributed by atoms with Crippen LogP contribution in [0.5, 0.6) is 0 Å². The molecule has 0 amide bonds. The van der Waals surface area contributed by atoms with Gasteiger partial charge in [0.1, 0.15) is 0 Å². The molecule has 8 heteroatoms. The average molecular weight is 347 g/mol. The third-order valence-corrected chi connectivity index (χ3v) is 4.95. The summed E-state index contributed by atoms with van der Waals surface area (Å²) in [5.74, 6) is 1.29. The molecule has 0 N–H and O–H groups in total. The molecule has 0 spiro atoms. The summed E-state index contributed by atoms with van der Waals surface area (Å²) in [6, 6.07) is 8.08. The molecular formula is C16H17N3O4S. The first-order valence-electron chi connectivity index (χ1n) is 7.49. The molecule has 7 nitrogen and oxygen atoms in total. The van der Waals surface area contributed by atoms with Crippen molar-refractivity contribution in [3.63, 3.8) is 0 Å². The average Bonchev–Trinajstić information content (AvgIpc) is 3.22. The monoisotopic (exact) mass is 347 g/mol. The standard InChI is InChI=1S/C16H17N3O4S/c1-4-10(2)13-9-14(22-18-13)16-17-15(19-23-16)11-5-7-12(8-6-11)24(3,20)21/h5-10H,4H2,1-3H3. The van der Waals surface area contributed by atoms with Gasteiger partial charge >= 0.3 is 0 Å². The summed E-state index contributed by atoms with van der Waals surface area (Å²) in [6.07, 6.45) is 2.11. The zero-order valence-corrected chi connectivity index (χ0v) is 14.4. The molecule has 2 aromatic heterocycles. The molecule has 0 aliphatic heterocycles. The van der Waals surface area contributed by atoms with Crippen LogP contribution in [0.1, 0.15) is 31.9 Å². The summed E-state index contributed by atoms with van der Waals surface area (Å²) in [7, 11) is -3.24. The van der Waals surface area contributed by atoms with Crippen LogP contribution in [0, 0.1) is 0 Å². The van der Waals surface area contributed by atoms with Crippen LogP contribution in [0.3, 0.4) is 0 Å². The van der Waals surface area contributed by atoms with E-state index in [2.05, 4.69) is 29.1 Å². The first kappa shape index (κ1) is 16.4. The van der Waals surface area contributed by atoms with Gasteiger partial charge in [-0.3, -0.25) is 0 Å². The number of hydrogen-bond donors (Lipinski definition) is 0. The summed E-state index contributed by atoms with van der Waals surface area (Å²) in [6.45, 7) is 4.13. The molecule has 3 aromatic rings. The van der Waals surface area contributed by atoms with Gasteiger partial charge in [0, 0.05) is 23.8 Å². The maximum absolute atomic E-state index is 11.5. The van der Waals surface area contributed by atoms with E-state index < -0.39 is 9.84 Å². The molecule has 24 heavy (non-hydrogen) atoms. The number of hydrogen-bond acceptors (Lipinski definition) is 7. The van der Waals surface area contributed by atoms with E-state index in [1.54, 1.807) is 18.2 Å². The van der Waals surface area contributed by atoms with Crippen LogP contribution in [0.4, 0.5) is 0 Å². The first-order chi connectivity index (χ1) is 11.4. The van der Waals surface area contributed by atoms with Crippen molar-refractivity contribution in [2.75, 3.05) is 6.26 Å². The fourth-order valence-corrected chi connectivity index (χ4v) is 2.75. The van der Waals surface area contributed by atoms with Gasteiger partial charge < -0.3 is 9.05 Å². The summed E-state index contributed by atoms with van der Waals surface area (Å²) < 4.78 is 33.4. The van der Waals surface area contributed by atoms with E-state index in [1.165, 1.54) is 12.1 Å². The van der Waals surface area contributed by atoms with Gasteiger partial charge in [0.25, 0.3) is 5.89 Å². The summed E-state index contributed by atoms with van der Waals surface area (Å²) >= 11 is 0. The summed E-state index contributed by atoms with van der Waals surface area (Å²) in [5.41, 5.74) is 1.49. The normalized spacial score (nSPS) is 13.1. The third-order valence-electron chi connectivity index (χ3n) is 3.82. The Balaban J connectivity index is 1.87. The molecule has 1 unspecified atom stereocenters. The van der Waals surface area contributed by atoms with Gasteiger partial charge in [-0.15, -0.1) is 0 Å². The van der Waals surface area contributed by atoms with Crippen molar-refractivity contribution in [2.45, 2.75) is 31.1 Å². The highest BCUT2D eigenvalue weighted by molar-refractivity contribution is 7.90. The van der Waals surface area contributed by atoms with Crippen molar-refractivity contribution in [2.24, 2.45) is 0 Å². The molecule has 0 aliphatic carbocycles. The Labute approximate surface area is 139 Å². The number of benzene rings is 1. The highest BCUT2D eigenvalue weighted by atomic mass is 32.2. The van der Waals surface area contributed by atoms with Crippen molar-refractivity contribution in [1.82, 2.24) is 15.3 Å². The molecule has 126 valence electrons. The summed E-state index contributed by atoms with van der Waals surface area (Å²) in [5, 5.41) is 7.92. The minimum absolute atomic E-state index is 0.235. The molecule has 0 saturated carbocycles. The predicted octanol–water partition coefficient (Wildman–Crippen LogP) is 3.31. The number of nitrogens with zero attached hydrogens (tertiary/aromatic N) is 3. The summed E-state index contributed by atoms with van der Waals surface area (Å²) in [4.78, 5) is 4.52. The maximum Gasteiger partial charge on any atom is 0.296 e. The van der Waals surface area contributed by atoms with E-state index >= 15 is 0 Å². The van der Waals surface area contributed by atoms with E-state index in [0.29, 0.717) is 17.1 Å². The number of sulfone groups is 1. The fraction of sp³-hybridized carbons (Fsp3) is 0.312. The lowest BCUT2D eigenvalue weighted by Gasteiger charge is -1.99. The second kappa shape index (κ2) is 6.20. The van der Waals surface area contributed by atoms with E-state index in [9.17, 15) is 8.42 Å². The molecule has 2 heterocycles. The molecule has 0 aliphatic rings. The van der Waals surface area contributed by atoms with Crippen molar-refractivity contribution in [3.05, 3.63) is 36.0 Å². The Morgan fingerprint density at radius 1 is 1.12 bits per heavy atom. The third kappa shape index (κ3) is 3.23. The van der Waals surface area contributed by atoms with E-state index in [0.717, 1.165) is 18.4 Å². The molecule has 1 atom stereocenters. The second-order valence-electron chi connectivity index (χ2n) is 5.65. The SMILES string of the molecule is CCC(C)c1cc(-c2nc(-c3ccc(S(C)(=O)=O)cc3)no2)on1. The fourth-order valence-electron chi connectivity index (χ4n) is 2.12. The zero-order chi connectivity index (χ0) is 17.3. The van der Waals surface area contributed by atoms with E-state index in [-0.39, 0.29) is 16.7 Å². The van der Waals surface area contributed by atoms with Gasteiger partial charge in [0.2, 0.25) is 11.6 Å². The minimum Gasteiger partial charge on any atom is -0.351 e. The van der Waals surface area contributed by atoms with E-state index in [4.69, 9.17) is 9.05 Å². The molecule has 3 rings (SSSR count). The highest BCUT2D eigenvalue weighted by Crippen LogP contribution is 2.26. The minimum atomic E-state index is -3.24. The van der Waals surface area contributed by atoms with Crippen LogP contribution in [0.2, 0.25) is 0 Å². The van der Waals surface area contributed by atoms with Crippen LogP contribution in [0.25, 0.3) is 23.0 Å².